The average molecular weight is 793 g/mol. The monoisotopic (exact) mass is 790 g/mol. The number of halogens is 2. The van der Waals surface area contributed by atoms with Gasteiger partial charge in [-0.3, -0.25) is 0 Å². The van der Waals surface area contributed by atoms with E-state index < -0.39 is 33.5 Å². The van der Waals surface area contributed by atoms with Crippen molar-refractivity contribution in [2.75, 3.05) is 0 Å². The van der Waals surface area contributed by atoms with Crippen LogP contribution in [-0.4, -0.2) is 23.0 Å². The fourth-order valence-corrected chi connectivity index (χ4v) is 31.7. The molecule has 0 fully saturated rings. The van der Waals surface area contributed by atoms with Gasteiger partial charge in [-0.2, -0.15) is 0 Å². The third-order valence-corrected chi connectivity index (χ3v) is 32.7. The van der Waals surface area contributed by atoms with Gasteiger partial charge in [0.2, 0.25) is 0 Å². The fraction of sp³-hybridized carbons (Fsp3) is 0.317. The zero-order chi connectivity index (χ0) is 32.6. The van der Waals surface area contributed by atoms with Gasteiger partial charge < -0.3 is 0 Å². The van der Waals surface area contributed by atoms with Crippen LogP contribution in [-0.2, 0) is 17.4 Å². The first kappa shape index (κ1) is 38.3. The van der Waals surface area contributed by atoms with E-state index in [4.69, 9.17) is 0 Å². The van der Waals surface area contributed by atoms with Crippen LogP contribution in [0.4, 0.5) is 0 Å². The molecule has 0 amide bonds. The molecule has 0 bridgehead atoms. The zero-order valence-electron chi connectivity index (χ0n) is 30.1. The minimum atomic E-state index is -3.60. The number of rotatable bonds is 7. The van der Waals surface area contributed by atoms with Gasteiger partial charge in [0, 0.05) is 0 Å². The normalized spacial score (nSPS) is 17.6. The molecular weight excluding hydrogens is 739 g/mol. The van der Waals surface area contributed by atoms with Crippen LogP contribution in [0.25, 0.3) is 34.4 Å². The molecular formula is C41H54Cl2Si3Zr. The molecule has 47 heavy (non-hydrogen) atoms. The number of benzene rings is 4. The van der Waals surface area contributed by atoms with Crippen molar-refractivity contribution in [1.29, 1.82) is 0 Å². The molecule has 0 nitrogen and oxygen atoms in total. The van der Waals surface area contributed by atoms with Crippen LogP contribution >= 0.6 is 24.8 Å². The van der Waals surface area contributed by atoms with Gasteiger partial charge in [-0.25, -0.2) is 0 Å². The minimum absolute atomic E-state index is 0. The Morgan fingerprint density at radius 3 is 1.40 bits per heavy atom. The van der Waals surface area contributed by atoms with Gasteiger partial charge in [0.1, 0.15) is 0 Å². The predicted molar refractivity (Wildman–Crippen MR) is 222 cm³/mol. The molecule has 4 aromatic carbocycles. The predicted octanol–water partition coefficient (Wildman–Crippen LogP) is 11.3. The van der Waals surface area contributed by atoms with E-state index in [1.807, 2.05) is 0 Å². The number of hydrogen-bond donors (Lipinski definition) is 0. The molecule has 2 atom stereocenters. The van der Waals surface area contributed by atoms with Crippen molar-refractivity contribution in [2.45, 2.75) is 76.1 Å². The Hall–Kier alpha value is -1.53. The molecule has 0 spiro atoms. The van der Waals surface area contributed by atoms with E-state index >= 15 is 0 Å². The molecule has 2 aliphatic rings. The van der Waals surface area contributed by atoms with E-state index in [0.29, 0.717) is 7.25 Å². The van der Waals surface area contributed by atoms with Crippen LogP contribution < -0.4 is 10.4 Å². The summed E-state index contributed by atoms with van der Waals surface area (Å²) in [6.45, 7) is 21.9. The van der Waals surface area contributed by atoms with Crippen molar-refractivity contribution in [3.63, 3.8) is 0 Å². The second-order valence-electron chi connectivity index (χ2n) is 17.0. The van der Waals surface area contributed by atoms with Crippen LogP contribution in [0.3, 0.4) is 0 Å². The van der Waals surface area contributed by atoms with Gasteiger partial charge in [-0.15, -0.1) is 24.8 Å². The average Bonchev–Trinajstić information content (AvgIpc) is 3.54. The Balaban J connectivity index is 0.00000250. The van der Waals surface area contributed by atoms with Crippen molar-refractivity contribution in [2.24, 2.45) is 0 Å². The molecule has 0 heterocycles. The first-order valence-electron chi connectivity index (χ1n) is 16.9. The van der Waals surface area contributed by atoms with Crippen molar-refractivity contribution < 1.29 is 17.4 Å². The minimum Gasteiger partial charge on any atom is -0.147 e. The Labute approximate surface area is 301 Å². The van der Waals surface area contributed by atoms with Crippen molar-refractivity contribution in [3.05, 3.63) is 118 Å². The summed E-state index contributed by atoms with van der Waals surface area (Å²) >= 11 is -3.60. The number of hydrogen-bond acceptors (Lipinski definition) is 0. The van der Waals surface area contributed by atoms with Crippen LogP contribution in [0.2, 0.25) is 48.5 Å². The summed E-state index contributed by atoms with van der Waals surface area (Å²) in [6.07, 6.45) is 6.27. The quantitative estimate of drug-likeness (QED) is 0.164. The molecule has 6 heteroatoms. The van der Waals surface area contributed by atoms with Crippen LogP contribution in [0.5, 0.6) is 0 Å². The molecule has 0 N–H and O–H groups in total. The van der Waals surface area contributed by atoms with Gasteiger partial charge in [0.15, 0.2) is 0 Å². The summed E-state index contributed by atoms with van der Waals surface area (Å²) in [6, 6.07) is 33.4. The van der Waals surface area contributed by atoms with E-state index in [1.165, 1.54) is 43.8 Å². The Morgan fingerprint density at radius 1 is 0.596 bits per heavy atom. The molecule has 0 aliphatic heterocycles. The standard InChI is InChI=1S/C20H23Si.C19H21Si.2CH3.2ClH.H2Si.Zr/c1-5-15-13-17-7-6-8-19(20(17)14-15)16-9-11-18(12-10-16)21(2,3)4;1-14-12-16-6-5-7-18(19(16)13-14)15-8-10-17(11-9-15)20(2,3)4;;;;;;/h6-14H,5H2,1-4H3;5-13H,1-4H3;2*1H3;2*1H;1H2;. The summed E-state index contributed by atoms with van der Waals surface area (Å²) in [4.78, 5) is 0. The SMILES string of the molecule is CCC1=Cc2c(-c3ccc([Si](C)(C)C)cc3)cccc2[CH]1[Zr]([CH3])([CH3])(=[SiH2])[CH]1C(C)=Cc2c(-c3ccc([Si](C)(C)C)cc3)cccc21.Cl.Cl. The summed E-state index contributed by atoms with van der Waals surface area (Å²) in [5.74, 6) is 0. The Morgan fingerprint density at radius 2 is 1.00 bits per heavy atom. The largest absolute Gasteiger partial charge is 0.147 e. The summed E-state index contributed by atoms with van der Waals surface area (Å²) in [5.41, 5.74) is 14.8. The Bertz CT molecular complexity index is 1930. The zero-order valence-corrected chi connectivity index (χ0v) is 37.6. The van der Waals surface area contributed by atoms with E-state index in [0.717, 1.165) is 6.42 Å². The van der Waals surface area contributed by atoms with Crippen molar-refractivity contribution in [3.8, 4) is 22.3 Å². The maximum absolute atomic E-state index is 3.60. The maximum atomic E-state index is 2.77. The molecule has 0 radical (unpaired) electrons. The topological polar surface area (TPSA) is 0 Å². The molecule has 2 aliphatic carbocycles. The third kappa shape index (κ3) is 6.82. The molecule has 248 valence electrons. The van der Waals surface area contributed by atoms with Gasteiger partial charge in [0.25, 0.3) is 0 Å². The Kier molecular flexibility index (Phi) is 10.8. The van der Waals surface area contributed by atoms with Crippen LogP contribution in [0, 0.1) is 0 Å². The van der Waals surface area contributed by atoms with Crippen LogP contribution in [0.1, 0.15) is 49.8 Å². The van der Waals surface area contributed by atoms with E-state index in [-0.39, 0.29) is 24.8 Å². The summed E-state index contributed by atoms with van der Waals surface area (Å²) in [5, 5.41) is 3.06. The molecule has 0 saturated heterocycles. The molecule has 0 saturated carbocycles. The maximum Gasteiger partial charge on any atom is -0.147 e. The number of fused-ring (bicyclic) bond motifs is 2. The molecule has 6 rings (SSSR count). The second-order valence-corrected chi connectivity index (χ2v) is 57.7. The summed E-state index contributed by atoms with van der Waals surface area (Å²) < 4.78 is 6.62. The van der Waals surface area contributed by atoms with Gasteiger partial charge in [0.05, 0.1) is 0 Å². The van der Waals surface area contributed by atoms with Gasteiger partial charge in [-0.05, 0) is 0 Å². The first-order chi connectivity index (χ1) is 21.0. The molecule has 2 unspecified atom stereocenters. The number of allylic oxidation sites excluding steroid dienone is 2. The first-order valence-corrected chi connectivity index (χ1v) is 37.6. The van der Waals surface area contributed by atoms with E-state index in [1.54, 1.807) is 22.3 Å². The summed E-state index contributed by atoms with van der Waals surface area (Å²) in [7, 11) is -2.67. The van der Waals surface area contributed by atoms with E-state index in [2.05, 4.69) is 166 Å². The third-order valence-electron chi connectivity index (χ3n) is 10.9. The van der Waals surface area contributed by atoms with Gasteiger partial charge in [-0.1, -0.05) is 0 Å². The van der Waals surface area contributed by atoms with Crippen LogP contribution in [0.15, 0.2) is 96.1 Å². The molecule has 0 aromatic heterocycles. The second kappa shape index (κ2) is 13.3. The van der Waals surface area contributed by atoms with E-state index in [9.17, 15) is 0 Å². The van der Waals surface area contributed by atoms with Crippen molar-refractivity contribution >= 4 is 70.4 Å². The van der Waals surface area contributed by atoms with Crippen molar-refractivity contribution in [1.82, 2.24) is 0 Å². The fourth-order valence-electron chi connectivity index (χ4n) is 8.67. The van der Waals surface area contributed by atoms with Gasteiger partial charge >= 0.3 is 280 Å². The smallest absolute Gasteiger partial charge is 0.147 e. The molecule has 4 aromatic rings.